The van der Waals surface area contributed by atoms with E-state index in [0.717, 1.165) is 10.0 Å². The molecule has 2 aromatic rings. The Morgan fingerprint density at radius 3 is 2.50 bits per heavy atom. The van der Waals surface area contributed by atoms with Crippen LogP contribution in [-0.4, -0.2) is 16.9 Å². The third-order valence-electron chi connectivity index (χ3n) is 2.83. The zero-order valence-electron chi connectivity index (χ0n) is 13.1. The average Bonchev–Trinajstić information content (AvgIpc) is 2.80. The monoisotopic (exact) mass is 366 g/mol. The fraction of sp³-hybridized carbons (Fsp3) is 0.375. The molecule has 0 radical (unpaired) electrons. The van der Waals surface area contributed by atoms with Crippen molar-refractivity contribution in [1.82, 2.24) is 5.16 Å². The van der Waals surface area contributed by atoms with Crippen LogP contribution in [0.3, 0.4) is 0 Å². The van der Waals surface area contributed by atoms with Crippen molar-refractivity contribution in [3.05, 3.63) is 34.4 Å². The number of aromatic nitrogens is 1. The van der Waals surface area contributed by atoms with Gasteiger partial charge in [0.15, 0.2) is 5.76 Å². The molecule has 5 nitrogen and oxygen atoms in total. The molecule has 0 saturated carbocycles. The van der Waals surface area contributed by atoms with Crippen LogP contribution in [0.2, 0.25) is 0 Å². The summed E-state index contributed by atoms with van der Waals surface area (Å²) in [5.41, 5.74) is 1.51. The van der Waals surface area contributed by atoms with Gasteiger partial charge >= 0.3 is 6.09 Å². The van der Waals surface area contributed by atoms with Gasteiger partial charge in [0.2, 0.25) is 0 Å². The molecular weight excluding hydrogens is 348 g/mol. The largest absolute Gasteiger partial charge is 0.444 e. The number of benzene rings is 1. The molecule has 1 aromatic heterocycles. The average molecular weight is 367 g/mol. The van der Waals surface area contributed by atoms with Crippen molar-refractivity contribution in [3.8, 4) is 11.3 Å². The lowest BCUT2D eigenvalue weighted by atomic mass is 10.1. The van der Waals surface area contributed by atoms with Gasteiger partial charge in [0.25, 0.3) is 0 Å². The number of nitrogens with one attached hydrogen (secondary N) is 1. The van der Waals surface area contributed by atoms with Gasteiger partial charge in [-0.3, -0.25) is 5.32 Å². The number of nitrogens with zero attached hydrogens (tertiary/aromatic N) is 1. The smallest absolute Gasteiger partial charge is 0.412 e. The molecule has 0 aliphatic heterocycles. The SMILES string of the molecule is CCc1noc(-c2ccc(Br)cc2)c1NC(=O)OC(C)(C)C. The van der Waals surface area contributed by atoms with E-state index in [-0.39, 0.29) is 0 Å². The summed E-state index contributed by atoms with van der Waals surface area (Å²) in [4.78, 5) is 12.0. The number of ether oxygens (including phenoxy) is 1. The molecule has 0 unspecified atom stereocenters. The van der Waals surface area contributed by atoms with Crippen LogP contribution in [0.1, 0.15) is 33.4 Å². The van der Waals surface area contributed by atoms with Gasteiger partial charge in [-0.05, 0) is 51.5 Å². The Kier molecular flexibility index (Phi) is 4.90. The van der Waals surface area contributed by atoms with E-state index in [1.807, 2.05) is 52.0 Å². The van der Waals surface area contributed by atoms with Crippen molar-refractivity contribution < 1.29 is 14.1 Å². The van der Waals surface area contributed by atoms with Gasteiger partial charge in [-0.15, -0.1) is 0 Å². The first kappa shape index (κ1) is 16.5. The minimum Gasteiger partial charge on any atom is -0.444 e. The van der Waals surface area contributed by atoms with E-state index < -0.39 is 11.7 Å². The summed E-state index contributed by atoms with van der Waals surface area (Å²) in [5, 5.41) is 6.78. The Morgan fingerprint density at radius 2 is 1.95 bits per heavy atom. The van der Waals surface area contributed by atoms with Crippen LogP contribution in [0.4, 0.5) is 10.5 Å². The van der Waals surface area contributed by atoms with E-state index in [0.29, 0.717) is 23.6 Å². The van der Waals surface area contributed by atoms with Gasteiger partial charge in [-0.25, -0.2) is 4.79 Å². The summed E-state index contributed by atoms with van der Waals surface area (Å²) < 4.78 is 11.7. The number of carbonyl (C=O) groups excluding carboxylic acids is 1. The molecule has 22 heavy (non-hydrogen) atoms. The van der Waals surface area contributed by atoms with Gasteiger partial charge in [0.05, 0.1) is 0 Å². The summed E-state index contributed by atoms with van der Waals surface area (Å²) in [6, 6.07) is 7.59. The zero-order chi connectivity index (χ0) is 16.3. The van der Waals surface area contributed by atoms with Crippen LogP contribution in [0.15, 0.2) is 33.3 Å². The highest BCUT2D eigenvalue weighted by Gasteiger charge is 2.22. The maximum Gasteiger partial charge on any atom is 0.412 e. The van der Waals surface area contributed by atoms with Crippen molar-refractivity contribution in [1.29, 1.82) is 0 Å². The molecule has 1 aromatic carbocycles. The van der Waals surface area contributed by atoms with Crippen molar-refractivity contribution >= 4 is 27.7 Å². The van der Waals surface area contributed by atoms with Gasteiger partial charge in [0, 0.05) is 10.0 Å². The van der Waals surface area contributed by atoms with Crippen LogP contribution in [0, 0.1) is 0 Å². The molecule has 0 aliphatic carbocycles. The molecular formula is C16H19BrN2O3. The Morgan fingerprint density at radius 1 is 1.32 bits per heavy atom. The Bertz CT molecular complexity index is 657. The molecule has 1 heterocycles. The lowest BCUT2D eigenvalue weighted by Gasteiger charge is -2.19. The highest BCUT2D eigenvalue weighted by molar-refractivity contribution is 9.10. The second-order valence-electron chi connectivity index (χ2n) is 5.82. The highest BCUT2D eigenvalue weighted by Crippen LogP contribution is 2.32. The number of amides is 1. The molecule has 0 aliphatic rings. The molecule has 0 fully saturated rings. The number of halogens is 1. The summed E-state index contributed by atoms with van der Waals surface area (Å²) >= 11 is 3.39. The number of hydrogen-bond acceptors (Lipinski definition) is 4. The molecule has 1 N–H and O–H groups in total. The Hall–Kier alpha value is -1.82. The topological polar surface area (TPSA) is 64.4 Å². The number of carbonyl (C=O) groups is 1. The Balaban J connectivity index is 2.31. The fourth-order valence-electron chi connectivity index (χ4n) is 1.90. The molecule has 0 saturated heterocycles. The van der Waals surface area contributed by atoms with Crippen molar-refractivity contribution in [2.24, 2.45) is 0 Å². The molecule has 0 bridgehead atoms. The summed E-state index contributed by atoms with van der Waals surface area (Å²) in [7, 11) is 0. The molecule has 6 heteroatoms. The predicted molar refractivity (Wildman–Crippen MR) is 88.9 cm³/mol. The van der Waals surface area contributed by atoms with Crippen LogP contribution in [-0.2, 0) is 11.2 Å². The summed E-state index contributed by atoms with van der Waals surface area (Å²) in [5.74, 6) is 0.523. The lowest BCUT2D eigenvalue weighted by Crippen LogP contribution is -2.27. The highest BCUT2D eigenvalue weighted by atomic mass is 79.9. The van der Waals surface area contributed by atoms with E-state index >= 15 is 0 Å². The quantitative estimate of drug-likeness (QED) is 0.828. The molecule has 0 atom stereocenters. The van der Waals surface area contributed by atoms with Gasteiger partial charge in [-0.2, -0.15) is 0 Å². The molecule has 0 spiro atoms. The van der Waals surface area contributed by atoms with E-state index in [1.165, 1.54) is 0 Å². The van der Waals surface area contributed by atoms with Crippen LogP contribution < -0.4 is 5.32 Å². The summed E-state index contributed by atoms with van der Waals surface area (Å²) in [6.45, 7) is 7.40. The second-order valence-corrected chi connectivity index (χ2v) is 6.74. The van der Waals surface area contributed by atoms with Crippen LogP contribution in [0.25, 0.3) is 11.3 Å². The number of aryl methyl sites for hydroxylation is 1. The normalized spacial score (nSPS) is 11.3. The first-order chi connectivity index (χ1) is 10.3. The van der Waals surface area contributed by atoms with Crippen LogP contribution in [0.5, 0.6) is 0 Å². The lowest BCUT2D eigenvalue weighted by molar-refractivity contribution is 0.0635. The van der Waals surface area contributed by atoms with E-state index in [1.54, 1.807) is 0 Å². The van der Waals surface area contributed by atoms with Gasteiger partial charge in [0.1, 0.15) is 17.0 Å². The van der Waals surface area contributed by atoms with E-state index in [2.05, 4.69) is 26.4 Å². The predicted octanol–water partition coefficient (Wildman–Crippen LogP) is 5.01. The molecule has 118 valence electrons. The van der Waals surface area contributed by atoms with E-state index in [4.69, 9.17) is 9.26 Å². The minimum atomic E-state index is -0.564. The minimum absolute atomic E-state index is 0.523. The molecule has 2 rings (SSSR count). The molecule has 1 amide bonds. The summed E-state index contributed by atoms with van der Waals surface area (Å²) in [6.07, 6.45) is 0.120. The first-order valence-corrected chi connectivity index (χ1v) is 7.84. The van der Waals surface area contributed by atoms with Crippen molar-refractivity contribution in [2.75, 3.05) is 5.32 Å². The van der Waals surface area contributed by atoms with Crippen molar-refractivity contribution in [2.45, 2.75) is 39.7 Å². The number of anilines is 1. The zero-order valence-corrected chi connectivity index (χ0v) is 14.7. The standard InChI is InChI=1S/C16H19BrN2O3/c1-5-12-13(18-15(20)21-16(2,3)4)14(22-19-12)10-6-8-11(17)9-7-10/h6-9H,5H2,1-4H3,(H,18,20). The van der Waals surface area contributed by atoms with E-state index in [9.17, 15) is 4.79 Å². The maximum absolute atomic E-state index is 12.0. The third kappa shape index (κ3) is 4.10. The fourth-order valence-corrected chi connectivity index (χ4v) is 2.16. The maximum atomic E-state index is 12.0. The number of rotatable bonds is 3. The van der Waals surface area contributed by atoms with Crippen molar-refractivity contribution in [3.63, 3.8) is 0 Å². The first-order valence-electron chi connectivity index (χ1n) is 7.04. The van der Waals surface area contributed by atoms with Gasteiger partial charge in [-0.1, -0.05) is 28.0 Å². The Labute approximate surface area is 138 Å². The third-order valence-corrected chi connectivity index (χ3v) is 3.36. The number of hydrogen-bond donors (Lipinski definition) is 1. The van der Waals surface area contributed by atoms with Crippen LogP contribution >= 0.6 is 15.9 Å². The second kappa shape index (κ2) is 6.52. The van der Waals surface area contributed by atoms with Gasteiger partial charge < -0.3 is 9.26 Å².